The molecule has 0 fully saturated rings. The molecule has 0 spiro atoms. The van der Waals surface area contributed by atoms with Crippen LogP contribution in [0.25, 0.3) is 11.1 Å². The smallest absolute Gasteiger partial charge is 0.271 e. The average molecular weight is 468 g/mol. The lowest BCUT2D eigenvalue weighted by Gasteiger charge is -2.12. The summed E-state index contributed by atoms with van der Waals surface area (Å²) in [7, 11) is 0. The van der Waals surface area contributed by atoms with E-state index in [1.54, 1.807) is 19.1 Å². The summed E-state index contributed by atoms with van der Waals surface area (Å²) in [5.74, 6) is 0.290. The Bertz CT molecular complexity index is 1340. The summed E-state index contributed by atoms with van der Waals surface area (Å²) in [5, 5.41) is 23.5. The molecule has 0 atom stereocenters. The van der Waals surface area contributed by atoms with Crippen LogP contribution in [0.5, 0.6) is 11.5 Å². The molecule has 0 saturated heterocycles. The van der Waals surface area contributed by atoms with Crippen LogP contribution in [-0.2, 0) is 13.2 Å². The van der Waals surface area contributed by atoms with E-state index in [1.807, 2.05) is 66.7 Å². The van der Waals surface area contributed by atoms with Crippen molar-refractivity contribution in [3.8, 4) is 22.6 Å². The molecule has 0 aliphatic heterocycles. The number of pyridine rings is 1. The molecule has 0 aliphatic rings. The summed E-state index contributed by atoms with van der Waals surface area (Å²) in [5.41, 5.74) is 6.99. The van der Waals surface area contributed by atoms with Crippen LogP contribution < -0.4 is 10.2 Å². The summed E-state index contributed by atoms with van der Waals surface area (Å²) in [6, 6.07) is 25.0. The van der Waals surface area contributed by atoms with Gasteiger partial charge < -0.3 is 14.9 Å². The van der Waals surface area contributed by atoms with Gasteiger partial charge in [-0.05, 0) is 36.2 Å². The van der Waals surface area contributed by atoms with Gasteiger partial charge in [0.25, 0.3) is 5.91 Å². The Hall–Kier alpha value is -4.49. The molecule has 0 saturated carbocycles. The molecule has 7 nitrogen and oxygen atoms in total. The number of hydrogen-bond donors (Lipinski definition) is 3. The first kappa shape index (κ1) is 23.7. The Morgan fingerprint density at radius 3 is 2.49 bits per heavy atom. The van der Waals surface area contributed by atoms with E-state index in [4.69, 9.17) is 4.74 Å². The van der Waals surface area contributed by atoms with Gasteiger partial charge in [0.05, 0.1) is 18.5 Å². The molecule has 0 unspecified atom stereocenters. The molecule has 3 aromatic carbocycles. The van der Waals surface area contributed by atoms with E-state index >= 15 is 0 Å². The van der Waals surface area contributed by atoms with Crippen molar-refractivity contribution in [1.29, 1.82) is 0 Å². The van der Waals surface area contributed by atoms with Crippen molar-refractivity contribution in [3.63, 3.8) is 0 Å². The van der Waals surface area contributed by atoms with Crippen LogP contribution in [0.2, 0.25) is 0 Å². The first-order valence-corrected chi connectivity index (χ1v) is 11.0. The van der Waals surface area contributed by atoms with Gasteiger partial charge in [-0.2, -0.15) is 5.10 Å². The zero-order chi connectivity index (χ0) is 24.6. The fourth-order valence-corrected chi connectivity index (χ4v) is 3.50. The zero-order valence-corrected chi connectivity index (χ0v) is 19.2. The number of ether oxygens (including phenoxy) is 1. The van der Waals surface area contributed by atoms with Crippen LogP contribution in [0.3, 0.4) is 0 Å². The Morgan fingerprint density at radius 1 is 1.03 bits per heavy atom. The number of carbonyl (C=O) groups is 1. The standard InChI is InChI=1S/C28H25N3O4/c1-19-27(33)25(23(17-32)15-29-19)16-30-31-28(34)22-13-11-20(12-14-22)18-35-26-10-6-5-9-24(26)21-7-3-2-4-8-21/h2-16,32-33H,17-18H2,1H3,(H,31,34)/b30-16+. The molecule has 35 heavy (non-hydrogen) atoms. The third-order valence-corrected chi connectivity index (χ3v) is 5.47. The molecule has 7 heteroatoms. The monoisotopic (exact) mass is 467 g/mol. The topological polar surface area (TPSA) is 104 Å². The molecule has 1 aromatic heterocycles. The predicted molar refractivity (Wildman–Crippen MR) is 134 cm³/mol. The average Bonchev–Trinajstić information content (AvgIpc) is 2.91. The number of nitrogens with zero attached hydrogens (tertiary/aromatic N) is 2. The van der Waals surface area contributed by atoms with Crippen molar-refractivity contribution in [2.24, 2.45) is 5.10 Å². The minimum Gasteiger partial charge on any atom is -0.505 e. The Labute approximate surface area is 203 Å². The van der Waals surface area contributed by atoms with Crippen LogP contribution in [0.15, 0.2) is 90.2 Å². The van der Waals surface area contributed by atoms with Gasteiger partial charge in [0.1, 0.15) is 18.1 Å². The van der Waals surface area contributed by atoms with Crippen molar-refractivity contribution in [2.45, 2.75) is 20.1 Å². The third kappa shape index (κ3) is 5.72. The number of aromatic hydroxyl groups is 1. The number of nitrogens with one attached hydrogen (secondary N) is 1. The van der Waals surface area contributed by atoms with Gasteiger partial charge >= 0.3 is 0 Å². The molecule has 4 rings (SSSR count). The lowest BCUT2D eigenvalue weighted by Crippen LogP contribution is -2.17. The van der Waals surface area contributed by atoms with Gasteiger partial charge in [-0.1, -0.05) is 60.7 Å². The molecular weight excluding hydrogens is 442 g/mol. The Balaban J connectivity index is 1.38. The predicted octanol–water partition coefficient (Wildman–Crippen LogP) is 4.60. The van der Waals surface area contributed by atoms with Gasteiger partial charge in [-0.3, -0.25) is 9.78 Å². The van der Waals surface area contributed by atoms with Crippen LogP contribution in [0.4, 0.5) is 0 Å². The number of hydrazone groups is 1. The summed E-state index contributed by atoms with van der Waals surface area (Å²) in [4.78, 5) is 16.4. The number of aliphatic hydroxyl groups is 1. The van der Waals surface area contributed by atoms with Gasteiger partial charge in [0, 0.05) is 28.5 Å². The van der Waals surface area contributed by atoms with E-state index in [0.717, 1.165) is 22.4 Å². The van der Waals surface area contributed by atoms with Crippen molar-refractivity contribution in [1.82, 2.24) is 10.4 Å². The van der Waals surface area contributed by atoms with Gasteiger partial charge in [0.2, 0.25) is 0 Å². The van der Waals surface area contributed by atoms with Gasteiger partial charge in [0.15, 0.2) is 0 Å². The van der Waals surface area contributed by atoms with Gasteiger partial charge in [-0.25, -0.2) is 5.43 Å². The quantitative estimate of drug-likeness (QED) is 0.260. The lowest BCUT2D eigenvalue weighted by atomic mass is 10.0. The molecule has 176 valence electrons. The highest BCUT2D eigenvalue weighted by atomic mass is 16.5. The molecule has 0 bridgehead atoms. The summed E-state index contributed by atoms with van der Waals surface area (Å²) >= 11 is 0. The van der Waals surface area contributed by atoms with Gasteiger partial charge in [-0.15, -0.1) is 0 Å². The van der Waals surface area contributed by atoms with Crippen LogP contribution in [-0.4, -0.2) is 27.3 Å². The number of aromatic nitrogens is 1. The summed E-state index contributed by atoms with van der Waals surface area (Å²) < 4.78 is 6.06. The van der Waals surface area contributed by atoms with E-state index < -0.39 is 5.91 Å². The first-order valence-electron chi connectivity index (χ1n) is 11.0. The molecule has 3 N–H and O–H groups in total. The van der Waals surface area contributed by atoms with Crippen LogP contribution >= 0.6 is 0 Å². The van der Waals surface area contributed by atoms with E-state index in [0.29, 0.717) is 29.0 Å². The van der Waals surface area contributed by atoms with Crippen molar-refractivity contribution in [3.05, 3.63) is 113 Å². The highest BCUT2D eigenvalue weighted by Crippen LogP contribution is 2.30. The molecular formula is C28H25N3O4. The molecule has 0 aliphatic carbocycles. The first-order chi connectivity index (χ1) is 17.1. The maximum Gasteiger partial charge on any atom is 0.271 e. The van der Waals surface area contributed by atoms with Crippen LogP contribution in [0.1, 0.15) is 32.7 Å². The fourth-order valence-electron chi connectivity index (χ4n) is 3.50. The highest BCUT2D eigenvalue weighted by molar-refractivity contribution is 5.95. The maximum absolute atomic E-state index is 12.5. The van der Waals surface area contributed by atoms with Crippen molar-refractivity contribution >= 4 is 12.1 Å². The Kier molecular flexibility index (Phi) is 7.50. The highest BCUT2D eigenvalue weighted by Gasteiger charge is 2.10. The van der Waals surface area contributed by atoms with E-state index in [1.165, 1.54) is 12.4 Å². The van der Waals surface area contributed by atoms with Crippen molar-refractivity contribution in [2.75, 3.05) is 0 Å². The number of carbonyl (C=O) groups excluding carboxylic acids is 1. The number of aryl methyl sites for hydroxylation is 1. The summed E-state index contributed by atoms with van der Waals surface area (Å²) in [6.07, 6.45) is 2.75. The molecule has 4 aromatic rings. The van der Waals surface area contributed by atoms with E-state index in [-0.39, 0.29) is 12.4 Å². The number of para-hydroxylation sites is 1. The number of amides is 1. The van der Waals surface area contributed by atoms with Crippen LogP contribution in [0, 0.1) is 6.92 Å². The lowest BCUT2D eigenvalue weighted by molar-refractivity contribution is 0.0955. The number of benzene rings is 3. The second-order valence-electron chi connectivity index (χ2n) is 7.84. The maximum atomic E-state index is 12.5. The normalized spacial score (nSPS) is 10.9. The zero-order valence-electron chi connectivity index (χ0n) is 19.2. The molecule has 0 radical (unpaired) electrons. The minimum absolute atomic E-state index is 0.0901. The number of aliphatic hydroxyl groups excluding tert-OH is 1. The van der Waals surface area contributed by atoms with Crippen molar-refractivity contribution < 1.29 is 19.7 Å². The molecule has 1 heterocycles. The SMILES string of the molecule is Cc1ncc(CO)c(/C=N/NC(=O)c2ccc(COc3ccccc3-c3ccccc3)cc2)c1O. The third-order valence-electron chi connectivity index (χ3n) is 5.47. The second kappa shape index (κ2) is 11.1. The van der Waals surface area contributed by atoms with E-state index in [2.05, 4.69) is 15.5 Å². The number of rotatable bonds is 8. The second-order valence-corrected chi connectivity index (χ2v) is 7.84. The summed E-state index contributed by atoms with van der Waals surface area (Å²) in [6.45, 7) is 1.68. The minimum atomic E-state index is -0.404. The fraction of sp³-hybridized carbons (Fsp3) is 0.107. The van der Waals surface area contributed by atoms with E-state index in [9.17, 15) is 15.0 Å². The largest absolute Gasteiger partial charge is 0.505 e. The Morgan fingerprint density at radius 2 is 1.74 bits per heavy atom. The number of hydrogen-bond acceptors (Lipinski definition) is 6. The molecule has 1 amide bonds.